The first kappa shape index (κ1) is 28.4. The molecule has 3 aromatic rings. The van der Waals surface area contributed by atoms with Gasteiger partial charge in [-0.25, -0.2) is 22.4 Å². The maximum atomic E-state index is 14.8. The Labute approximate surface area is 221 Å². The molecule has 0 aromatic heterocycles. The molecule has 0 spiro atoms. The Hall–Kier alpha value is -3.62. The van der Waals surface area contributed by atoms with Crippen LogP contribution in [0.4, 0.5) is 30.7 Å². The Bertz CT molecular complexity index is 1360. The fourth-order valence-electron chi connectivity index (χ4n) is 4.89. The third kappa shape index (κ3) is 6.88. The average molecular weight is 551 g/mol. The van der Waals surface area contributed by atoms with Gasteiger partial charge in [0.2, 0.25) is 0 Å². The number of carbonyl (C=O) groups excluding carboxylic acids is 1. The minimum atomic E-state index is -4.77. The van der Waals surface area contributed by atoms with Crippen LogP contribution in [0.2, 0.25) is 0 Å². The smallest absolute Gasteiger partial charge is 0.409 e. The molecular formula is C30H25F7O2. The number of alkyl halides is 3. The Kier molecular flexibility index (Phi) is 8.47. The summed E-state index contributed by atoms with van der Waals surface area (Å²) in [6, 6.07) is 8.77. The molecular weight excluding hydrogens is 525 g/mol. The monoisotopic (exact) mass is 550 g/mol. The highest BCUT2D eigenvalue weighted by Gasteiger charge is 2.25. The number of allylic oxidation sites excluding steroid dienone is 1. The predicted octanol–water partition coefficient (Wildman–Crippen LogP) is 9.39. The quantitative estimate of drug-likeness (QED) is 0.174. The van der Waals surface area contributed by atoms with Crippen molar-refractivity contribution in [2.75, 3.05) is 0 Å². The third-order valence-electron chi connectivity index (χ3n) is 7.09. The first-order valence-electron chi connectivity index (χ1n) is 12.5. The van der Waals surface area contributed by atoms with Crippen LogP contribution >= 0.6 is 0 Å². The Morgan fingerprint density at radius 1 is 0.872 bits per heavy atom. The molecule has 1 fully saturated rings. The van der Waals surface area contributed by atoms with Crippen LogP contribution in [0.1, 0.15) is 66.4 Å². The highest BCUT2D eigenvalue weighted by Crippen LogP contribution is 2.37. The normalized spacial score (nSPS) is 17.9. The van der Waals surface area contributed by atoms with Crippen molar-refractivity contribution in [1.29, 1.82) is 0 Å². The lowest BCUT2D eigenvalue weighted by Gasteiger charge is -2.28. The summed E-state index contributed by atoms with van der Waals surface area (Å²) in [6.07, 6.45) is 0.343. The zero-order valence-electron chi connectivity index (χ0n) is 20.9. The van der Waals surface area contributed by atoms with E-state index in [-0.39, 0.29) is 40.5 Å². The lowest BCUT2D eigenvalue weighted by atomic mass is 9.78. The predicted molar refractivity (Wildman–Crippen MR) is 133 cm³/mol. The molecule has 1 saturated carbocycles. The molecule has 0 saturated heterocycles. The van der Waals surface area contributed by atoms with Crippen LogP contribution in [0.3, 0.4) is 0 Å². The van der Waals surface area contributed by atoms with Gasteiger partial charge in [-0.15, -0.1) is 0 Å². The van der Waals surface area contributed by atoms with Gasteiger partial charge in [0, 0.05) is 23.3 Å². The number of benzene rings is 3. The van der Waals surface area contributed by atoms with Gasteiger partial charge >= 0.3 is 12.1 Å². The zero-order valence-corrected chi connectivity index (χ0v) is 20.9. The first-order valence-corrected chi connectivity index (χ1v) is 12.5. The van der Waals surface area contributed by atoms with Crippen LogP contribution in [0.15, 0.2) is 54.6 Å². The second kappa shape index (κ2) is 11.6. The molecule has 0 amide bonds. The zero-order chi connectivity index (χ0) is 28.3. The van der Waals surface area contributed by atoms with E-state index < -0.39 is 41.0 Å². The fourth-order valence-corrected chi connectivity index (χ4v) is 4.89. The Balaban J connectivity index is 1.48. The van der Waals surface area contributed by atoms with Crippen molar-refractivity contribution in [2.45, 2.75) is 51.1 Å². The molecule has 0 N–H and O–H groups in total. The van der Waals surface area contributed by atoms with Crippen molar-refractivity contribution in [3.63, 3.8) is 0 Å². The molecule has 1 aliphatic carbocycles. The standard InChI is InChI=1S/C30H25F7O2/c1-2-17-3-5-18(6-4-17)19-7-9-24(27(33)13-19)29(38)39-21-8-10-22(28(34)16-21)20-14-25(31)23(26(32)15-20)11-12-30(35,36)37/h7-18H,2-6H2,1H3/b12-11+. The summed E-state index contributed by atoms with van der Waals surface area (Å²) in [6.45, 7) is 2.16. The molecule has 39 heavy (non-hydrogen) atoms. The number of halogens is 7. The van der Waals surface area contributed by atoms with Crippen molar-refractivity contribution in [3.8, 4) is 16.9 Å². The second-order valence-corrected chi connectivity index (χ2v) is 9.62. The Morgan fingerprint density at radius 3 is 2.10 bits per heavy atom. The van der Waals surface area contributed by atoms with Crippen molar-refractivity contribution in [1.82, 2.24) is 0 Å². The molecule has 9 heteroatoms. The van der Waals surface area contributed by atoms with Gasteiger partial charge in [0.25, 0.3) is 0 Å². The van der Waals surface area contributed by atoms with E-state index in [0.29, 0.717) is 18.1 Å². The highest BCUT2D eigenvalue weighted by atomic mass is 19.4. The van der Waals surface area contributed by atoms with Crippen LogP contribution in [0.25, 0.3) is 17.2 Å². The summed E-state index contributed by atoms with van der Waals surface area (Å²) in [7, 11) is 0. The first-order chi connectivity index (χ1) is 18.4. The number of hydrogen-bond donors (Lipinski definition) is 0. The van der Waals surface area contributed by atoms with Gasteiger partial charge in [0.05, 0.1) is 5.56 Å². The summed E-state index contributed by atoms with van der Waals surface area (Å²) in [4.78, 5) is 12.6. The molecule has 0 heterocycles. The van der Waals surface area contributed by atoms with Gasteiger partial charge in [0.15, 0.2) is 0 Å². The van der Waals surface area contributed by atoms with Crippen molar-refractivity contribution >= 4 is 12.0 Å². The number of rotatable bonds is 6. The molecule has 0 bridgehead atoms. The lowest BCUT2D eigenvalue weighted by Crippen LogP contribution is -2.14. The molecule has 3 aromatic carbocycles. The summed E-state index contributed by atoms with van der Waals surface area (Å²) in [5.41, 5.74) is -0.999. The number of ether oxygens (including phenoxy) is 1. The molecule has 0 aliphatic heterocycles. The lowest BCUT2D eigenvalue weighted by molar-refractivity contribution is -0.0790. The van der Waals surface area contributed by atoms with E-state index in [9.17, 15) is 35.5 Å². The van der Waals surface area contributed by atoms with E-state index in [0.717, 1.165) is 55.9 Å². The van der Waals surface area contributed by atoms with Gasteiger partial charge in [-0.1, -0.05) is 19.4 Å². The summed E-state index contributed by atoms with van der Waals surface area (Å²) in [5.74, 6) is -4.82. The topological polar surface area (TPSA) is 26.3 Å². The summed E-state index contributed by atoms with van der Waals surface area (Å²) in [5, 5.41) is 0. The van der Waals surface area contributed by atoms with E-state index in [1.54, 1.807) is 6.07 Å². The van der Waals surface area contributed by atoms with Crippen molar-refractivity contribution in [2.24, 2.45) is 5.92 Å². The minimum absolute atomic E-state index is 0.221. The number of carbonyl (C=O) groups is 1. The number of hydrogen-bond acceptors (Lipinski definition) is 2. The van der Waals surface area contributed by atoms with Gasteiger partial charge in [0.1, 0.15) is 29.0 Å². The second-order valence-electron chi connectivity index (χ2n) is 9.62. The molecule has 4 rings (SSSR count). The van der Waals surface area contributed by atoms with Crippen LogP contribution in [0.5, 0.6) is 5.75 Å². The van der Waals surface area contributed by atoms with Gasteiger partial charge in [-0.05, 0) is 91.1 Å². The van der Waals surface area contributed by atoms with Crippen molar-refractivity contribution < 1.29 is 40.3 Å². The SMILES string of the molecule is CCC1CCC(c2ccc(C(=O)Oc3ccc(-c4cc(F)c(/C=C/C(F)(F)F)c(F)c4)c(F)c3)c(F)c2)CC1. The van der Waals surface area contributed by atoms with E-state index >= 15 is 0 Å². The van der Waals surface area contributed by atoms with Crippen molar-refractivity contribution in [3.05, 3.63) is 94.6 Å². The fraction of sp³-hybridized carbons (Fsp3) is 0.300. The molecule has 2 nitrogen and oxygen atoms in total. The molecule has 0 atom stereocenters. The van der Waals surface area contributed by atoms with E-state index in [4.69, 9.17) is 4.74 Å². The maximum absolute atomic E-state index is 14.8. The third-order valence-corrected chi connectivity index (χ3v) is 7.09. The summed E-state index contributed by atoms with van der Waals surface area (Å²) < 4.78 is 100. The van der Waals surface area contributed by atoms with Crippen LogP contribution < -0.4 is 4.74 Å². The Morgan fingerprint density at radius 2 is 1.54 bits per heavy atom. The van der Waals surface area contributed by atoms with Gasteiger partial charge < -0.3 is 4.74 Å². The van der Waals surface area contributed by atoms with Gasteiger partial charge in [-0.2, -0.15) is 13.2 Å². The largest absolute Gasteiger partial charge is 0.423 e. The average Bonchev–Trinajstić information content (AvgIpc) is 2.87. The van der Waals surface area contributed by atoms with E-state index in [2.05, 4.69) is 6.92 Å². The van der Waals surface area contributed by atoms with Crippen LogP contribution in [0, 0.1) is 29.2 Å². The van der Waals surface area contributed by atoms with Gasteiger partial charge in [-0.3, -0.25) is 0 Å². The van der Waals surface area contributed by atoms with Crippen LogP contribution in [-0.4, -0.2) is 12.1 Å². The highest BCUT2D eigenvalue weighted by molar-refractivity contribution is 5.91. The number of esters is 1. The molecule has 206 valence electrons. The maximum Gasteiger partial charge on any atom is 0.409 e. The van der Waals surface area contributed by atoms with Crippen LogP contribution in [-0.2, 0) is 0 Å². The molecule has 0 radical (unpaired) electrons. The molecule has 0 unspecified atom stereocenters. The van der Waals surface area contributed by atoms with E-state index in [1.165, 1.54) is 12.1 Å². The van der Waals surface area contributed by atoms with E-state index in [1.807, 2.05) is 0 Å². The molecule has 1 aliphatic rings. The minimum Gasteiger partial charge on any atom is -0.423 e. The summed E-state index contributed by atoms with van der Waals surface area (Å²) >= 11 is 0.